The maximum atomic E-state index is 13.6. The Balaban J connectivity index is 2.12. The third-order valence-corrected chi connectivity index (χ3v) is 3.88. The summed E-state index contributed by atoms with van der Waals surface area (Å²) in [4.78, 5) is 16.0. The Morgan fingerprint density at radius 3 is 2.40 bits per heavy atom. The number of esters is 1. The zero-order valence-electron chi connectivity index (χ0n) is 13.7. The van der Waals surface area contributed by atoms with Crippen molar-refractivity contribution < 1.29 is 18.3 Å². The minimum absolute atomic E-state index is 0.397. The van der Waals surface area contributed by atoms with Crippen LogP contribution in [0.5, 0.6) is 0 Å². The molecule has 25 heavy (non-hydrogen) atoms. The first-order valence-electron chi connectivity index (χ1n) is 7.68. The van der Waals surface area contributed by atoms with Gasteiger partial charge in [-0.25, -0.2) is 18.6 Å². The van der Waals surface area contributed by atoms with Crippen LogP contribution in [0.15, 0.2) is 48.7 Å². The Morgan fingerprint density at radius 1 is 1.12 bits per heavy atom. The SMILES string of the molecule is COC(=O)C(C)Nc1ncc(-c2cc(F)cc(F)c2)c2ccccc12. The molecule has 0 aliphatic rings. The average Bonchev–Trinajstić information content (AvgIpc) is 2.60. The summed E-state index contributed by atoms with van der Waals surface area (Å²) in [5, 5.41) is 4.51. The van der Waals surface area contributed by atoms with Gasteiger partial charge < -0.3 is 10.1 Å². The topological polar surface area (TPSA) is 51.2 Å². The van der Waals surface area contributed by atoms with Crippen molar-refractivity contribution >= 4 is 22.6 Å². The van der Waals surface area contributed by atoms with Gasteiger partial charge in [-0.05, 0) is 30.0 Å². The summed E-state index contributed by atoms with van der Waals surface area (Å²) in [6.45, 7) is 1.66. The van der Waals surface area contributed by atoms with Gasteiger partial charge in [0.1, 0.15) is 23.5 Å². The number of hydrogen-bond donors (Lipinski definition) is 1. The summed E-state index contributed by atoms with van der Waals surface area (Å²) in [6, 6.07) is 10.1. The van der Waals surface area contributed by atoms with Crippen LogP contribution in [-0.4, -0.2) is 24.1 Å². The fourth-order valence-electron chi connectivity index (χ4n) is 2.69. The molecular formula is C19H16F2N2O2. The molecule has 1 heterocycles. The van der Waals surface area contributed by atoms with Crippen LogP contribution in [0.4, 0.5) is 14.6 Å². The quantitative estimate of drug-likeness (QED) is 0.724. The summed E-state index contributed by atoms with van der Waals surface area (Å²) < 4.78 is 31.8. The summed E-state index contributed by atoms with van der Waals surface area (Å²) in [5.41, 5.74) is 0.999. The summed E-state index contributed by atoms with van der Waals surface area (Å²) in [5.74, 6) is -1.22. The van der Waals surface area contributed by atoms with Crippen molar-refractivity contribution in [3.05, 3.63) is 60.3 Å². The Hall–Kier alpha value is -3.02. The molecule has 4 nitrogen and oxygen atoms in total. The largest absolute Gasteiger partial charge is 0.467 e. The van der Waals surface area contributed by atoms with E-state index in [0.717, 1.165) is 16.8 Å². The van der Waals surface area contributed by atoms with Crippen molar-refractivity contribution in [3.63, 3.8) is 0 Å². The van der Waals surface area contributed by atoms with Crippen molar-refractivity contribution in [2.24, 2.45) is 0 Å². The van der Waals surface area contributed by atoms with Gasteiger partial charge in [-0.15, -0.1) is 0 Å². The standard InChI is InChI=1S/C19H16F2N2O2/c1-11(19(24)25-2)23-18-16-6-4-3-5-15(16)17(10-22-18)12-7-13(20)9-14(21)8-12/h3-11H,1-2H3,(H,22,23). The molecule has 0 radical (unpaired) electrons. The molecule has 3 aromatic rings. The zero-order valence-corrected chi connectivity index (χ0v) is 13.7. The number of nitrogens with one attached hydrogen (secondary N) is 1. The molecule has 0 bridgehead atoms. The third kappa shape index (κ3) is 3.42. The van der Waals surface area contributed by atoms with Crippen LogP contribution >= 0.6 is 0 Å². The summed E-state index contributed by atoms with van der Waals surface area (Å²) in [7, 11) is 1.31. The lowest BCUT2D eigenvalue weighted by Crippen LogP contribution is -2.27. The van der Waals surface area contributed by atoms with Crippen molar-refractivity contribution in [2.75, 3.05) is 12.4 Å². The number of fused-ring (bicyclic) bond motifs is 1. The van der Waals surface area contributed by atoms with Gasteiger partial charge in [0.15, 0.2) is 0 Å². The van der Waals surface area contributed by atoms with Crippen molar-refractivity contribution in [1.29, 1.82) is 0 Å². The molecule has 1 atom stereocenters. The number of anilines is 1. The molecule has 1 unspecified atom stereocenters. The zero-order chi connectivity index (χ0) is 18.0. The number of hydrogen-bond acceptors (Lipinski definition) is 4. The van der Waals surface area contributed by atoms with Crippen LogP contribution in [0.1, 0.15) is 6.92 Å². The van der Waals surface area contributed by atoms with Gasteiger partial charge in [-0.1, -0.05) is 24.3 Å². The highest BCUT2D eigenvalue weighted by molar-refractivity contribution is 6.02. The molecule has 0 saturated heterocycles. The lowest BCUT2D eigenvalue weighted by atomic mass is 10.00. The van der Waals surface area contributed by atoms with Gasteiger partial charge in [0.25, 0.3) is 0 Å². The van der Waals surface area contributed by atoms with Crippen LogP contribution in [0.2, 0.25) is 0 Å². The van der Waals surface area contributed by atoms with Crippen LogP contribution in [0.25, 0.3) is 21.9 Å². The van der Waals surface area contributed by atoms with Gasteiger partial charge in [-0.3, -0.25) is 0 Å². The molecule has 2 aromatic carbocycles. The molecule has 3 rings (SSSR count). The van der Waals surface area contributed by atoms with Crippen LogP contribution in [0, 0.1) is 11.6 Å². The Bertz CT molecular complexity index is 924. The average molecular weight is 342 g/mol. The van der Waals surface area contributed by atoms with Crippen molar-refractivity contribution in [2.45, 2.75) is 13.0 Å². The molecule has 0 spiro atoms. The molecule has 1 aromatic heterocycles. The maximum absolute atomic E-state index is 13.6. The van der Waals surface area contributed by atoms with Gasteiger partial charge in [0.05, 0.1) is 7.11 Å². The minimum Gasteiger partial charge on any atom is -0.467 e. The Morgan fingerprint density at radius 2 is 1.76 bits per heavy atom. The predicted molar refractivity (Wildman–Crippen MR) is 92.2 cm³/mol. The van der Waals surface area contributed by atoms with Crippen molar-refractivity contribution in [1.82, 2.24) is 4.98 Å². The summed E-state index contributed by atoms with van der Waals surface area (Å²) in [6.07, 6.45) is 1.53. The summed E-state index contributed by atoms with van der Waals surface area (Å²) >= 11 is 0. The first-order chi connectivity index (χ1) is 12.0. The fourth-order valence-corrected chi connectivity index (χ4v) is 2.69. The highest BCUT2D eigenvalue weighted by atomic mass is 19.1. The number of aromatic nitrogens is 1. The van der Waals surface area contributed by atoms with Gasteiger partial charge in [0, 0.05) is 23.2 Å². The molecule has 0 fully saturated rings. The van der Waals surface area contributed by atoms with E-state index in [1.54, 1.807) is 6.92 Å². The fraction of sp³-hybridized carbons (Fsp3) is 0.158. The number of methoxy groups -OCH3 is 1. The highest BCUT2D eigenvalue weighted by Crippen LogP contribution is 2.32. The highest BCUT2D eigenvalue weighted by Gasteiger charge is 2.16. The predicted octanol–water partition coefficient (Wildman–Crippen LogP) is 4.15. The van der Waals surface area contributed by atoms with E-state index < -0.39 is 23.6 Å². The van der Waals surface area contributed by atoms with Crippen LogP contribution < -0.4 is 5.32 Å². The molecule has 128 valence electrons. The van der Waals surface area contributed by atoms with E-state index in [9.17, 15) is 13.6 Å². The second-order valence-corrected chi connectivity index (χ2v) is 5.61. The molecule has 0 amide bonds. The Kier molecular flexibility index (Phi) is 4.61. The number of pyridine rings is 1. The maximum Gasteiger partial charge on any atom is 0.328 e. The van der Waals surface area contributed by atoms with E-state index in [-0.39, 0.29) is 0 Å². The molecule has 0 aliphatic heterocycles. The van der Waals surface area contributed by atoms with E-state index in [4.69, 9.17) is 4.74 Å². The monoisotopic (exact) mass is 342 g/mol. The van der Waals surface area contributed by atoms with Gasteiger partial charge in [0.2, 0.25) is 0 Å². The second kappa shape index (κ2) is 6.84. The number of carbonyl (C=O) groups excluding carboxylic acids is 1. The number of nitrogens with zero attached hydrogens (tertiary/aromatic N) is 1. The van der Waals surface area contributed by atoms with E-state index in [0.29, 0.717) is 16.9 Å². The van der Waals surface area contributed by atoms with E-state index in [1.165, 1.54) is 25.4 Å². The normalized spacial score (nSPS) is 12.0. The lowest BCUT2D eigenvalue weighted by molar-refractivity contribution is -0.141. The lowest BCUT2D eigenvalue weighted by Gasteiger charge is -2.16. The van der Waals surface area contributed by atoms with E-state index >= 15 is 0 Å². The number of rotatable bonds is 4. The Labute approximate surface area is 143 Å². The molecule has 1 N–H and O–H groups in total. The molecule has 0 aliphatic carbocycles. The number of carbonyl (C=O) groups is 1. The van der Waals surface area contributed by atoms with E-state index in [2.05, 4.69) is 10.3 Å². The number of benzene rings is 2. The van der Waals surface area contributed by atoms with Gasteiger partial charge in [-0.2, -0.15) is 0 Å². The minimum atomic E-state index is -0.652. The first kappa shape index (κ1) is 16.8. The molecule has 6 heteroatoms. The van der Waals surface area contributed by atoms with Gasteiger partial charge >= 0.3 is 5.97 Å². The molecular weight excluding hydrogens is 326 g/mol. The van der Waals surface area contributed by atoms with Crippen molar-refractivity contribution in [3.8, 4) is 11.1 Å². The van der Waals surface area contributed by atoms with Crippen LogP contribution in [0.3, 0.4) is 0 Å². The first-order valence-corrected chi connectivity index (χ1v) is 7.68. The number of halogens is 2. The van der Waals surface area contributed by atoms with E-state index in [1.807, 2.05) is 24.3 Å². The van der Waals surface area contributed by atoms with Crippen LogP contribution in [-0.2, 0) is 9.53 Å². The third-order valence-electron chi connectivity index (χ3n) is 3.88. The molecule has 0 saturated carbocycles. The number of ether oxygens (including phenoxy) is 1. The smallest absolute Gasteiger partial charge is 0.328 e. The second-order valence-electron chi connectivity index (χ2n) is 5.61.